The van der Waals surface area contributed by atoms with Crippen LogP contribution in [-0.4, -0.2) is 22.5 Å². The molecule has 16 heavy (non-hydrogen) atoms. The van der Waals surface area contributed by atoms with E-state index in [2.05, 4.69) is 9.97 Å². The lowest BCUT2D eigenvalue weighted by Gasteiger charge is -2.05. The molecule has 2 aromatic rings. The largest absolute Gasteiger partial charge is 0.462 e. The Morgan fingerprint density at radius 3 is 3.12 bits per heavy atom. The monoisotopic (exact) mass is 236 g/mol. The first kappa shape index (κ1) is 10.8. The number of carbonyl (C=O) groups excluding carboxylic acids is 1. The molecule has 0 atom stereocenters. The third-order valence-electron chi connectivity index (χ3n) is 2.03. The number of fused-ring (bicyclic) bond motifs is 1. The number of carbonyl (C=O) groups is 1. The average molecular weight is 237 g/mol. The molecule has 2 aromatic heterocycles. The van der Waals surface area contributed by atoms with Gasteiger partial charge in [0, 0.05) is 6.20 Å². The Morgan fingerprint density at radius 2 is 2.38 bits per heavy atom. The van der Waals surface area contributed by atoms with Crippen LogP contribution >= 0.6 is 11.6 Å². The van der Waals surface area contributed by atoms with Crippen LogP contribution in [0.1, 0.15) is 17.3 Å². The lowest BCUT2D eigenvalue weighted by atomic mass is 10.2. The molecule has 0 saturated carbocycles. The molecule has 0 bridgehead atoms. The molecule has 0 spiro atoms. The van der Waals surface area contributed by atoms with Crippen LogP contribution in [0.2, 0.25) is 5.15 Å². The normalized spacial score (nSPS) is 10.4. The van der Waals surface area contributed by atoms with Gasteiger partial charge in [0.05, 0.1) is 17.7 Å². The summed E-state index contributed by atoms with van der Waals surface area (Å²) in [5, 5.41) is 0.253. The zero-order chi connectivity index (χ0) is 11.5. The van der Waals surface area contributed by atoms with Crippen LogP contribution in [0.5, 0.6) is 0 Å². The van der Waals surface area contributed by atoms with Crippen molar-refractivity contribution < 1.29 is 9.53 Å². The predicted octanol–water partition coefficient (Wildman–Crippen LogP) is 2.46. The highest BCUT2D eigenvalue weighted by atomic mass is 35.5. The lowest BCUT2D eigenvalue weighted by molar-refractivity contribution is 0.0528. The van der Waals surface area contributed by atoms with E-state index in [4.69, 9.17) is 16.3 Å². The maximum atomic E-state index is 11.7. The first-order chi connectivity index (χ1) is 7.72. The summed E-state index contributed by atoms with van der Waals surface area (Å²) in [6, 6.07) is 4.95. The molecule has 0 N–H and O–H groups in total. The smallest absolute Gasteiger partial charge is 0.340 e. The van der Waals surface area contributed by atoms with E-state index in [1.54, 1.807) is 25.3 Å². The van der Waals surface area contributed by atoms with Crippen molar-refractivity contribution in [2.24, 2.45) is 0 Å². The summed E-state index contributed by atoms with van der Waals surface area (Å²) < 4.78 is 4.93. The van der Waals surface area contributed by atoms with E-state index < -0.39 is 5.97 Å². The zero-order valence-electron chi connectivity index (χ0n) is 8.61. The molecule has 0 aliphatic rings. The van der Waals surface area contributed by atoms with Gasteiger partial charge in [-0.05, 0) is 25.1 Å². The minimum atomic E-state index is -0.435. The second-order valence-electron chi connectivity index (χ2n) is 3.08. The van der Waals surface area contributed by atoms with E-state index in [1.165, 1.54) is 6.07 Å². The number of esters is 1. The maximum absolute atomic E-state index is 11.7. The highest BCUT2D eigenvalue weighted by molar-refractivity contribution is 6.30. The summed E-state index contributed by atoms with van der Waals surface area (Å²) in [4.78, 5) is 19.8. The van der Waals surface area contributed by atoms with E-state index in [9.17, 15) is 4.79 Å². The molecule has 4 nitrogen and oxygen atoms in total. The van der Waals surface area contributed by atoms with Gasteiger partial charge in [-0.3, -0.25) is 4.98 Å². The van der Waals surface area contributed by atoms with Crippen LogP contribution in [-0.2, 0) is 4.74 Å². The molecular formula is C11H9ClN2O2. The highest BCUT2D eigenvalue weighted by Crippen LogP contribution is 2.19. The van der Waals surface area contributed by atoms with E-state index in [0.29, 0.717) is 23.2 Å². The molecule has 0 aliphatic carbocycles. The van der Waals surface area contributed by atoms with Crippen LogP contribution in [0.3, 0.4) is 0 Å². The number of aromatic nitrogens is 2. The molecule has 0 radical (unpaired) electrons. The maximum Gasteiger partial charge on any atom is 0.340 e. The second-order valence-corrected chi connectivity index (χ2v) is 3.47. The molecule has 0 fully saturated rings. The summed E-state index contributed by atoms with van der Waals surface area (Å²) >= 11 is 5.82. The Morgan fingerprint density at radius 1 is 1.56 bits per heavy atom. The van der Waals surface area contributed by atoms with Crippen LogP contribution in [0.15, 0.2) is 24.4 Å². The molecular weight excluding hydrogens is 228 g/mol. The van der Waals surface area contributed by atoms with Gasteiger partial charge < -0.3 is 4.74 Å². The van der Waals surface area contributed by atoms with Gasteiger partial charge in [0.25, 0.3) is 0 Å². The summed E-state index contributed by atoms with van der Waals surface area (Å²) in [7, 11) is 0. The zero-order valence-corrected chi connectivity index (χ0v) is 9.36. The first-order valence-electron chi connectivity index (χ1n) is 4.80. The van der Waals surface area contributed by atoms with Crippen molar-refractivity contribution in [3.63, 3.8) is 0 Å². The van der Waals surface area contributed by atoms with Gasteiger partial charge in [-0.2, -0.15) is 0 Å². The van der Waals surface area contributed by atoms with E-state index >= 15 is 0 Å². The van der Waals surface area contributed by atoms with Crippen molar-refractivity contribution in [3.05, 3.63) is 35.1 Å². The Bertz CT molecular complexity index is 542. The van der Waals surface area contributed by atoms with E-state index in [1.807, 2.05) is 0 Å². The number of halogens is 1. The fourth-order valence-electron chi connectivity index (χ4n) is 1.39. The highest BCUT2D eigenvalue weighted by Gasteiger charge is 2.14. The quantitative estimate of drug-likeness (QED) is 0.594. The Kier molecular flexibility index (Phi) is 3.01. The third kappa shape index (κ3) is 1.97. The SMILES string of the molecule is CCOC(=O)c1cc(Cl)nc2cccnc12. The number of nitrogens with zero attached hydrogens (tertiary/aromatic N) is 2. The molecule has 0 saturated heterocycles. The van der Waals surface area contributed by atoms with Crippen molar-refractivity contribution in [1.82, 2.24) is 9.97 Å². The summed E-state index contributed by atoms with van der Waals surface area (Å²) in [5.41, 5.74) is 1.43. The van der Waals surface area contributed by atoms with Gasteiger partial charge in [0.15, 0.2) is 0 Å². The van der Waals surface area contributed by atoms with Crippen LogP contribution < -0.4 is 0 Å². The number of pyridine rings is 2. The molecule has 82 valence electrons. The summed E-state index contributed by atoms with van der Waals surface area (Å²) in [5.74, 6) is -0.435. The van der Waals surface area contributed by atoms with Gasteiger partial charge in [-0.25, -0.2) is 9.78 Å². The van der Waals surface area contributed by atoms with E-state index in [-0.39, 0.29) is 5.15 Å². The summed E-state index contributed by atoms with van der Waals surface area (Å²) in [6.07, 6.45) is 1.60. The van der Waals surface area contributed by atoms with Crippen molar-refractivity contribution in [2.75, 3.05) is 6.61 Å². The molecule has 2 heterocycles. The van der Waals surface area contributed by atoms with Gasteiger partial charge in [-0.15, -0.1) is 0 Å². The fourth-order valence-corrected chi connectivity index (χ4v) is 1.59. The van der Waals surface area contributed by atoms with Crippen LogP contribution in [0.4, 0.5) is 0 Å². The Balaban J connectivity index is 2.63. The molecule has 0 aliphatic heterocycles. The number of ether oxygens (including phenoxy) is 1. The van der Waals surface area contributed by atoms with Gasteiger partial charge in [0.1, 0.15) is 10.7 Å². The lowest BCUT2D eigenvalue weighted by Crippen LogP contribution is -2.06. The average Bonchev–Trinajstić information content (AvgIpc) is 2.28. The first-order valence-corrected chi connectivity index (χ1v) is 5.18. The molecule has 0 unspecified atom stereocenters. The minimum Gasteiger partial charge on any atom is -0.462 e. The molecule has 5 heteroatoms. The Hall–Kier alpha value is -1.68. The van der Waals surface area contributed by atoms with Gasteiger partial charge in [-0.1, -0.05) is 11.6 Å². The second kappa shape index (κ2) is 4.45. The predicted molar refractivity (Wildman–Crippen MR) is 60.5 cm³/mol. The van der Waals surface area contributed by atoms with Gasteiger partial charge >= 0.3 is 5.97 Å². The molecule has 0 aromatic carbocycles. The minimum absolute atomic E-state index is 0.253. The molecule has 2 rings (SSSR count). The van der Waals surface area contributed by atoms with Crippen molar-refractivity contribution in [1.29, 1.82) is 0 Å². The van der Waals surface area contributed by atoms with Crippen LogP contribution in [0.25, 0.3) is 11.0 Å². The fraction of sp³-hybridized carbons (Fsp3) is 0.182. The van der Waals surface area contributed by atoms with Crippen molar-refractivity contribution in [2.45, 2.75) is 6.92 Å². The van der Waals surface area contributed by atoms with Gasteiger partial charge in [0.2, 0.25) is 0 Å². The van der Waals surface area contributed by atoms with Crippen LogP contribution in [0, 0.1) is 0 Å². The summed E-state index contributed by atoms with van der Waals surface area (Å²) in [6.45, 7) is 2.06. The number of hydrogen-bond acceptors (Lipinski definition) is 4. The van der Waals surface area contributed by atoms with E-state index in [0.717, 1.165) is 0 Å². The van der Waals surface area contributed by atoms with Crippen molar-refractivity contribution >= 4 is 28.6 Å². The number of hydrogen-bond donors (Lipinski definition) is 0. The number of rotatable bonds is 2. The molecule has 0 amide bonds. The standard InChI is InChI=1S/C11H9ClN2O2/c1-2-16-11(15)7-6-9(12)14-8-4-3-5-13-10(7)8/h3-6H,2H2,1H3. The van der Waals surface area contributed by atoms with Crippen molar-refractivity contribution in [3.8, 4) is 0 Å². The Labute approximate surface area is 97.2 Å². The third-order valence-corrected chi connectivity index (χ3v) is 2.22. The topological polar surface area (TPSA) is 52.1 Å².